The first-order valence-electron chi connectivity index (χ1n) is 6.69. The van der Waals surface area contributed by atoms with Crippen molar-refractivity contribution in [3.05, 3.63) is 57.2 Å². The Morgan fingerprint density at radius 1 is 1.43 bits per heavy atom. The number of rotatable bonds is 4. The van der Waals surface area contributed by atoms with Crippen molar-refractivity contribution >= 4 is 28.3 Å². The second-order valence-corrected chi connectivity index (χ2v) is 6.10. The number of pyridine rings is 1. The van der Waals surface area contributed by atoms with E-state index in [2.05, 4.69) is 10.3 Å². The SMILES string of the molecule is C[C@@]1(c2ccccn2)NC(=O)N(Cc2csc([N+](=O)[O-])c2)C1=O. The molecule has 3 rings (SSSR count). The zero-order valence-electron chi connectivity index (χ0n) is 12.1. The van der Waals surface area contributed by atoms with Gasteiger partial charge in [-0.3, -0.25) is 24.8 Å². The minimum atomic E-state index is -1.24. The maximum absolute atomic E-state index is 12.7. The van der Waals surface area contributed by atoms with E-state index in [1.807, 2.05) is 0 Å². The van der Waals surface area contributed by atoms with Gasteiger partial charge in [0.2, 0.25) is 0 Å². The Balaban J connectivity index is 1.85. The topological polar surface area (TPSA) is 105 Å². The Kier molecular flexibility index (Phi) is 3.57. The summed E-state index contributed by atoms with van der Waals surface area (Å²) in [6.07, 6.45) is 1.55. The highest BCUT2D eigenvalue weighted by Crippen LogP contribution is 2.30. The smallest absolute Gasteiger partial charge is 0.318 e. The summed E-state index contributed by atoms with van der Waals surface area (Å²) in [5, 5.41) is 14.9. The summed E-state index contributed by atoms with van der Waals surface area (Å²) < 4.78 is 0. The summed E-state index contributed by atoms with van der Waals surface area (Å²) >= 11 is 0.959. The van der Waals surface area contributed by atoms with Crippen LogP contribution in [-0.4, -0.2) is 26.7 Å². The van der Waals surface area contributed by atoms with Gasteiger partial charge in [-0.15, -0.1) is 0 Å². The van der Waals surface area contributed by atoms with Crippen LogP contribution in [0.15, 0.2) is 35.8 Å². The number of hydrogen-bond donors (Lipinski definition) is 1. The number of carbonyl (C=O) groups excluding carboxylic acids is 2. The van der Waals surface area contributed by atoms with Gasteiger partial charge in [-0.1, -0.05) is 17.4 Å². The average molecular weight is 332 g/mol. The Morgan fingerprint density at radius 3 is 2.83 bits per heavy atom. The Hall–Kier alpha value is -2.81. The molecule has 0 spiro atoms. The van der Waals surface area contributed by atoms with Crippen LogP contribution in [0.25, 0.3) is 0 Å². The maximum atomic E-state index is 12.7. The van der Waals surface area contributed by atoms with Crippen molar-refractivity contribution in [3.63, 3.8) is 0 Å². The lowest BCUT2D eigenvalue weighted by Crippen LogP contribution is -2.41. The number of aromatic nitrogens is 1. The summed E-state index contributed by atoms with van der Waals surface area (Å²) in [4.78, 5) is 40.2. The highest BCUT2D eigenvalue weighted by atomic mass is 32.1. The molecule has 8 nitrogen and oxygen atoms in total. The summed E-state index contributed by atoms with van der Waals surface area (Å²) in [7, 11) is 0. The minimum absolute atomic E-state index is 0.0164. The van der Waals surface area contributed by atoms with Gasteiger partial charge in [0.15, 0.2) is 5.54 Å². The first-order chi connectivity index (χ1) is 10.9. The maximum Gasteiger partial charge on any atom is 0.325 e. The number of carbonyl (C=O) groups is 2. The number of urea groups is 1. The van der Waals surface area contributed by atoms with Crippen LogP contribution < -0.4 is 5.32 Å². The van der Waals surface area contributed by atoms with Crippen molar-refractivity contribution in [1.29, 1.82) is 0 Å². The van der Waals surface area contributed by atoms with E-state index in [-0.39, 0.29) is 11.5 Å². The first-order valence-corrected chi connectivity index (χ1v) is 7.57. The van der Waals surface area contributed by atoms with Crippen molar-refractivity contribution < 1.29 is 14.5 Å². The van der Waals surface area contributed by atoms with E-state index in [9.17, 15) is 19.7 Å². The third kappa shape index (κ3) is 2.55. The molecule has 1 atom stereocenters. The average Bonchev–Trinajstić information content (AvgIpc) is 3.08. The molecule has 118 valence electrons. The van der Waals surface area contributed by atoms with Crippen LogP contribution in [0.2, 0.25) is 0 Å². The third-order valence-electron chi connectivity index (χ3n) is 3.61. The Labute approximate surface area is 134 Å². The van der Waals surface area contributed by atoms with Crippen molar-refractivity contribution in [2.24, 2.45) is 0 Å². The molecule has 0 aromatic carbocycles. The van der Waals surface area contributed by atoms with E-state index in [1.54, 1.807) is 36.7 Å². The van der Waals surface area contributed by atoms with Gasteiger partial charge in [0.25, 0.3) is 5.91 Å². The van der Waals surface area contributed by atoms with E-state index < -0.39 is 22.4 Å². The van der Waals surface area contributed by atoms with Gasteiger partial charge in [0.05, 0.1) is 17.2 Å². The van der Waals surface area contributed by atoms with Gasteiger partial charge in [0, 0.05) is 17.6 Å². The van der Waals surface area contributed by atoms with E-state index >= 15 is 0 Å². The molecular weight excluding hydrogens is 320 g/mol. The molecule has 1 aliphatic heterocycles. The van der Waals surface area contributed by atoms with Gasteiger partial charge in [0.1, 0.15) is 0 Å². The Bertz CT molecular complexity index is 791. The molecule has 1 N–H and O–H groups in total. The molecule has 9 heteroatoms. The lowest BCUT2D eigenvalue weighted by atomic mass is 9.97. The van der Waals surface area contributed by atoms with Crippen molar-refractivity contribution in [1.82, 2.24) is 15.2 Å². The number of amides is 3. The van der Waals surface area contributed by atoms with Crippen LogP contribution in [0.4, 0.5) is 9.80 Å². The standard InChI is InChI=1S/C14H12N4O4S/c1-14(10-4-2-3-5-15-10)12(19)17(13(20)16-14)7-9-6-11(18(21)22)23-8-9/h2-6,8H,7H2,1H3,(H,16,20)/t14-/m0/s1. The van der Waals surface area contributed by atoms with E-state index in [1.165, 1.54) is 6.07 Å². The van der Waals surface area contributed by atoms with Gasteiger partial charge >= 0.3 is 11.0 Å². The zero-order chi connectivity index (χ0) is 16.6. The van der Waals surface area contributed by atoms with Gasteiger partial charge < -0.3 is 5.32 Å². The molecule has 0 unspecified atom stereocenters. The van der Waals surface area contributed by atoms with E-state index in [4.69, 9.17) is 0 Å². The molecule has 1 fully saturated rings. The van der Waals surface area contributed by atoms with Crippen LogP contribution in [0.3, 0.4) is 0 Å². The lowest BCUT2D eigenvalue weighted by Gasteiger charge is -2.20. The predicted molar refractivity (Wildman–Crippen MR) is 81.6 cm³/mol. The predicted octanol–water partition coefficient (Wildman–Crippen LogP) is 2.02. The van der Waals surface area contributed by atoms with E-state index in [0.717, 1.165) is 16.2 Å². The molecule has 1 saturated heterocycles. The van der Waals surface area contributed by atoms with Crippen LogP contribution >= 0.6 is 11.3 Å². The van der Waals surface area contributed by atoms with Crippen molar-refractivity contribution in [2.75, 3.05) is 0 Å². The summed E-state index contributed by atoms with van der Waals surface area (Å²) in [6, 6.07) is 5.93. The van der Waals surface area contributed by atoms with Crippen LogP contribution in [0.1, 0.15) is 18.2 Å². The quantitative estimate of drug-likeness (QED) is 0.524. The monoisotopic (exact) mass is 332 g/mol. The molecule has 0 saturated carbocycles. The van der Waals surface area contributed by atoms with Gasteiger partial charge in [-0.25, -0.2) is 4.79 Å². The highest BCUT2D eigenvalue weighted by molar-refractivity contribution is 7.13. The van der Waals surface area contributed by atoms with E-state index in [0.29, 0.717) is 11.3 Å². The summed E-state index contributed by atoms with van der Waals surface area (Å²) in [5.41, 5.74) is -0.257. The summed E-state index contributed by atoms with van der Waals surface area (Å²) in [5.74, 6) is -0.435. The molecule has 0 bridgehead atoms. The Morgan fingerprint density at radius 2 is 2.22 bits per heavy atom. The molecule has 3 amide bonds. The highest BCUT2D eigenvalue weighted by Gasteiger charge is 2.49. The second-order valence-electron chi connectivity index (χ2n) is 5.21. The fourth-order valence-corrected chi connectivity index (χ4v) is 3.12. The number of hydrogen-bond acceptors (Lipinski definition) is 6. The molecule has 0 aliphatic carbocycles. The van der Waals surface area contributed by atoms with Gasteiger partial charge in [-0.05, 0) is 24.6 Å². The fraction of sp³-hybridized carbons (Fsp3) is 0.214. The van der Waals surface area contributed by atoms with Crippen LogP contribution in [0, 0.1) is 10.1 Å². The molecule has 2 aromatic heterocycles. The third-order valence-corrected chi connectivity index (χ3v) is 4.54. The van der Waals surface area contributed by atoms with Crippen molar-refractivity contribution in [2.45, 2.75) is 19.0 Å². The summed E-state index contributed by atoms with van der Waals surface area (Å²) in [6.45, 7) is 1.57. The van der Waals surface area contributed by atoms with Crippen LogP contribution in [0.5, 0.6) is 0 Å². The van der Waals surface area contributed by atoms with Crippen molar-refractivity contribution in [3.8, 4) is 0 Å². The molecule has 1 aliphatic rings. The molecule has 23 heavy (non-hydrogen) atoms. The van der Waals surface area contributed by atoms with Crippen LogP contribution in [-0.2, 0) is 16.9 Å². The largest absolute Gasteiger partial charge is 0.325 e. The second kappa shape index (κ2) is 5.43. The lowest BCUT2D eigenvalue weighted by molar-refractivity contribution is -0.380. The fourth-order valence-electron chi connectivity index (χ4n) is 2.40. The first kappa shape index (κ1) is 15.1. The number of thiophene rings is 1. The number of nitrogens with one attached hydrogen (secondary N) is 1. The zero-order valence-corrected chi connectivity index (χ0v) is 12.9. The number of nitro groups is 1. The van der Waals surface area contributed by atoms with Gasteiger partial charge in [-0.2, -0.15) is 0 Å². The molecule has 2 aromatic rings. The molecule has 0 radical (unpaired) electrons. The molecular formula is C14H12N4O4S. The minimum Gasteiger partial charge on any atom is -0.318 e. The number of nitrogens with zero attached hydrogens (tertiary/aromatic N) is 3. The normalized spacial score (nSPS) is 20.7. The molecule has 3 heterocycles. The number of imide groups is 1.